The van der Waals surface area contributed by atoms with E-state index in [0.29, 0.717) is 18.7 Å². The SMILES string of the molecule is CNC(=O)[C@H]1OC(n2cnc3c(NCC(C)(F)F)nc(-n4cc(CCOC)nn4)nc32)[C@H](O)[C@@H]1O. The van der Waals surface area contributed by atoms with Crippen LogP contribution in [0.5, 0.6) is 0 Å². The molecule has 0 spiro atoms. The lowest BCUT2D eigenvalue weighted by molar-refractivity contribution is -0.137. The summed E-state index contributed by atoms with van der Waals surface area (Å²) in [5.74, 6) is -3.71. The minimum absolute atomic E-state index is 0.0184. The Kier molecular flexibility index (Phi) is 6.88. The van der Waals surface area contributed by atoms with Crippen molar-refractivity contribution in [3.8, 4) is 5.95 Å². The molecule has 4 rings (SSSR count). The van der Waals surface area contributed by atoms with Gasteiger partial charge in [0.2, 0.25) is 0 Å². The van der Waals surface area contributed by atoms with Crippen LogP contribution in [0, 0.1) is 0 Å². The number of rotatable bonds is 9. The molecule has 4 N–H and O–H groups in total. The highest BCUT2D eigenvalue weighted by atomic mass is 19.3. The van der Waals surface area contributed by atoms with E-state index in [4.69, 9.17) is 9.47 Å². The third kappa shape index (κ3) is 5.04. The Hall–Kier alpha value is -3.34. The number of aliphatic hydroxyl groups is 2. The largest absolute Gasteiger partial charge is 0.387 e. The number of hydrogen-bond acceptors (Lipinski definition) is 11. The number of carbonyl (C=O) groups is 1. The van der Waals surface area contributed by atoms with Crippen LogP contribution >= 0.6 is 0 Å². The average molecular weight is 497 g/mol. The van der Waals surface area contributed by atoms with Crippen LogP contribution in [0.4, 0.5) is 14.6 Å². The number of alkyl halides is 2. The fourth-order valence-corrected chi connectivity index (χ4v) is 3.52. The van der Waals surface area contributed by atoms with Gasteiger partial charge >= 0.3 is 0 Å². The molecule has 190 valence electrons. The van der Waals surface area contributed by atoms with E-state index in [1.54, 1.807) is 13.3 Å². The molecule has 16 heteroatoms. The number of aromatic nitrogens is 7. The van der Waals surface area contributed by atoms with E-state index in [-0.39, 0.29) is 22.9 Å². The molecule has 1 saturated heterocycles. The first-order chi connectivity index (χ1) is 16.6. The summed E-state index contributed by atoms with van der Waals surface area (Å²) in [7, 11) is 2.92. The van der Waals surface area contributed by atoms with E-state index in [1.165, 1.54) is 22.6 Å². The van der Waals surface area contributed by atoms with E-state index in [0.717, 1.165) is 6.92 Å². The molecule has 3 aromatic rings. The number of nitrogens with zero attached hydrogens (tertiary/aromatic N) is 7. The van der Waals surface area contributed by atoms with Crippen LogP contribution in [-0.2, 0) is 20.7 Å². The van der Waals surface area contributed by atoms with Gasteiger partial charge < -0.3 is 30.3 Å². The monoisotopic (exact) mass is 497 g/mol. The average Bonchev–Trinajstić information content (AvgIpc) is 3.53. The predicted octanol–water partition coefficient (Wildman–Crippen LogP) is -0.972. The molecule has 3 aromatic heterocycles. The molecule has 0 saturated carbocycles. The van der Waals surface area contributed by atoms with Crippen LogP contribution in [0.2, 0.25) is 0 Å². The van der Waals surface area contributed by atoms with E-state index < -0.39 is 42.9 Å². The Labute approximate surface area is 197 Å². The Morgan fingerprint density at radius 1 is 1.31 bits per heavy atom. The number of nitrogens with one attached hydrogen (secondary N) is 2. The van der Waals surface area contributed by atoms with Gasteiger partial charge in [0, 0.05) is 27.5 Å². The van der Waals surface area contributed by atoms with Crippen LogP contribution in [0.1, 0.15) is 18.8 Å². The van der Waals surface area contributed by atoms with Crippen molar-refractivity contribution in [2.75, 3.05) is 32.6 Å². The number of carbonyl (C=O) groups excluding carboxylic acids is 1. The molecule has 35 heavy (non-hydrogen) atoms. The van der Waals surface area contributed by atoms with Crippen molar-refractivity contribution in [2.24, 2.45) is 0 Å². The molecular formula is C19H25F2N9O5. The van der Waals surface area contributed by atoms with Crippen molar-refractivity contribution >= 4 is 22.9 Å². The van der Waals surface area contributed by atoms with Gasteiger partial charge in [-0.05, 0) is 0 Å². The van der Waals surface area contributed by atoms with Crippen molar-refractivity contribution in [3.05, 3.63) is 18.2 Å². The van der Waals surface area contributed by atoms with Crippen LogP contribution in [0.25, 0.3) is 17.1 Å². The van der Waals surface area contributed by atoms with E-state index in [9.17, 15) is 23.8 Å². The smallest absolute Gasteiger partial charge is 0.262 e. The maximum atomic E-state index is 13.6. The van der Waals surface area contributed by atoms with Crippen molar-refractivity contribution in [3.63, 3.8) is 0 Å². The molecule has 4 atom stereocenters. The van der Waals surface area contributed by atoms with E-state index in [2.05, 4.69) is 35.9 Å². The number of likely N-dealkylation sites (N-methyl/N-ethyl adjacent to an activating group) is 1. The zero-order valence-electron chi connectivity index (χ0n) is 19.1. The number of hydrogen-bond donors (Lipinski definition) is 4. The van der Waals surface area contributed by atoms with Gasteiger partial charge in [-0.15, -0.1) is 5.10 Å². The molecule has 0 radical (unpaired) electrons. The summed E-state index contributed by atoms with van der Waals surface area (Å²) in [6.45, 7) is 0.428. The van der Waals surface area contributed by atoms with Gasteiger partial charge in [-0.25, -0.2) is 13.8 Å². The topological polar surface area (TPSA) is 174 Å². The molecule has 0 bridgehead atoms. The Bertz CT molecular complexity index is 1200. The second-order valence-electron chi connectivity index (χ2n) is 8.06. The number of anilines is 1. The molecular weight excluding hydrogens is 472 g/mol. The maximum absolute atomic E-state index is 13.6. The van der Waals surface area contributed by atoms with Crippen LogP contribution < -0.4 is 10.6 Å². The Morgan fingerprint density at radius 3 is 2.77 bits per heavy atom. The lowest BCUT2D eigenvalue weighted by atomic mass is 10.1. The van der Waals surface area contributed by atoms with Crippen LogP contribution in [-0.4, -0.2) is 102 Å². The zero-order valence-corrected chi connectivity index (χ0v) is 19.1. The lowest BCUT2D eigenvalue weighted by Crippen LogP contribution is -2.41. The molecule has 1 aliphatic rings. The van der Waals surface area contributed by atoms with Gasteiger partial charge in [-0.3, -0.25) is 9.36 Å². The molecule has 1 fully saturated rings. The zero-order chi connectivity index (χ0) is 25.3. The summed E-state index contributed by atoms with van der Waals surface area (Å²) in [5.41, 5.74) is 0.774. The van der Waals surface area contributed by atoms with E-state index >= 15 is 0 Å². The van der Waals surface area contributed by atoms with Gasteiger partial charge in [-0.1, -0.05) is 5.21 Å². The second-order valence-corrected chi connectivity index (χ2v) is 8.06. The number of imidazole rings is 1. The predicted molar refractivity (Wildman–Crippen MR) is 115 cm³/mol. The van der Waals surface area contributed by atoms with Crippen molar-refractivity contribution in [1.29, 1.82) is 0 Å². The Balaban J connectivity index is 1.77. The first kappa shape index (κ1) is 24.8. The molecule has 1 unspecified atom stereocenters. The highest BCUT2D eigenvalue weighted by Gasteiger charge is 2.47. The van der Waals surface area contributed by atoms with Gasteiger partial charge in [0.05, 0.1) is 31.4 Å². The summed E-state index contributed by atoms with van der Waals surface area (Å²) >= 11 is 0. The highest BCUT2D eigenvalue weighted by Crippen LogP contribution is 2.33. The quantitative estimate of drug-likeness (QED) is 0.286. The third-order valence-electron chi connectivity index (χ3n) is 5.30. The Morgan fingerprint density at radius 2 is 2.09 bits per heavy atom. The van der Waals surface area contributed by atoms with Gasteiger partial charge in [0.25, 0.3) is 17.8 Å². The molecule has 1 amide bonds. The minimum Gasteiger partial charge on any atom is -0.387 e. The van der Waals surface area contributed by atoms with Crippen molar-refractivity contribution in [1.82, 2.24) is 39.8 Å². The van der Waals surface area contributed by atoms with Gasteiger partial charge in [0.1, 0.15) is 12.2 Å². The third-order valence-corrected chi connectivity index (χ3v) is 5.30. The fraction of sp³-hybridized carbons (Fsp3) is 0.579. The van der Waals surface area contributed by atoms with Crippen LogP contribution in [0.15, 0.2) is 12.5 Å². The minimum atomic E-state index is -3.05. The first-order valence-corrected chi connectivity index (χ1v) is 10.6. The summed E-state index contributed by atoms with van der Waals surface area (Å²) < 4.78 is 40.3. The number of ether oxygens (including phenoxy) is 2. The summed E-state index contributed by atoms with van der Waals surface area (Å²) in [4.78, 5) is 24.9. The summed E-state index contributed by atoms with van der Waals surface area (Å²) in [6, 6.07) is 0. The molecule has 1 aliphatic heterocycles. The standard InChI is InChI=1S/C19H25F2N9O5/c1-19(20,21)7-23-14-10-15(26-18(25-14)30-6-9(27-28-30)4-5-34-3)29(8-24-10)17-12(32)11(31)13(35-17)16(33)22-2/h6,8,11-13,17,31-32H,4-5,7H2,1-3H3,(H,22,33)(H,23,25,26)/t11-,12+,13-,17?/m0/s1. The second kappa shape index (κ2) is 9.73. The molecule has 0 aliphatic carbocycles. The number of halogens is 2. The van der Waals surface area contributed by atoms with Crippen molar-refractivity contribution in [2.45, 2.75) is 43.8 Å². The molecule has 0 aromatic carbocycles. The number of fused-ring (bicyclic) bond motifs is 1. The van der Waals surface area contributed by atoms with Crippen molar-refractivity contribution < 1.29 is 33.3 Å². The first-order valence-electron chi connectivity index (χ1n) is 10.6. The van der Waals surface area contributed by atoms with Gasteiger partial charge in [-0.2, -0.15) is 14.6 Å². The summed E-state index contributed by atoms with van der Waals surface area (Å²) in [6.07, 6.45) is -2.32. The van der Waals surface area contributed by atoms with E-state index in [1.807, 2.05) is 0 Å². The molecule has 14 nitrogen and oxygen atoms in total. The fourth-order valence-electron chi connectivity index (χ4n) is 3.52. The maximum Gasteiger partial charge on any atom is 0.262 e. The summed E-state index contributed by atoms with van der Waals surface area (Å²) in [5, 5.41) is 33.8. The number of methoxy groups -OCH3 is 1. The lowest BCUT2D eigenvalue weighted by Gasteiger charge is -2.17. The van der Waals surface area contributed by atoms with Gasteiger partial charge in [0.15, 0.2) is 29.3 Å². The number of aliphatic hydroxyl groups excluding tert-OH is 2. The van der Waals surface area contributed by atoms with Crippen LogP contribution in [0.3, 0.4) is 0 Å². The normalized spacial score (nSPS) is 22.6. The highest BCUT2D eigenvalue weighted by molar-refractivity contribution is 5.84. The number of amides is 1. The molecule has 4 heterocycles.